The molecule has 7 heteroatoms. The predicted molar refractivity (Wildman–Crippen MR) is 80.4 cm³/mol. The Morgan fingerprint density at radius 2 is 2.05 bits per heavy atom. The number of nitrogens with zero attached hydrogens (tertiary/aromatic N) is 3. The molecule has 0 spiro atoms. The third-order valence-corrected chi connectivity index (χ3v) is 2.62. The van der Waals surface area contributed by atoms with Crippen molar-refractivity contribution in [3.63, 3.8) is 0 Å². The van der Waals surface area contributed by atoms with Crippen molar-refractivity contribution in [3.8, 4) is 0 Å². The lowest BCUT2D eigenvalue weighted by molar-refractivity contribution is -0.297. The monoisotopic (exact) mass is 297 g/mol. The van der Waals surface area contributed by atoms with Crippen LogP contribution in [0.5, 0.6) is 0 Å². The molecule has 0 aromatic heterocycles. The normalized spacial score (nSPS) is 18.3. The molecular weight excluding hydrogens is 274 g/mol. The summed E-state index contributed by atoms with van der Waals surface area (Å²) in [5.41, 5.74) is -0.425. The van der Waals surface area contributed by atoms with E-state index >= 15 is 0 Å². The van der Waals surface area contributed by atoms with Gasteiger partial charge in [-0.25, -0.2) is 0 Å². The van der Waals surface area contributed by atoms with Crippen molar-refractivity contribution < 1.29 is 19.3 Å². The minimum atomic E-state index is -0.719. The summed E-state index contributed by atoms with van der Waals surface area (Å²) in [6, 6.07) is 0.0732. The molecule has 0 aromatic carbocycles. The lowest BCUT2D eigenvalue weighted by Gasteiger charge is -2.28. The Labute approximate surface area is 125 Å². The minimum Gasteiger partial charge on any atom is -0.333 e. The highest BCUT2D eigenvalue weighted by atomic mass is 17.2. The fraction of sp³-hybridized carbons (Fsp3) is 0.571. The Bertz CT molecular complexity index is 407. The maximum atomic E-state index is 5.46. The Balaban J connectivity index is 2.64. The molecule has 0 fully saturated rings. The van der Waals surface area contributed by atoms with Crippen LogP contribution in [0, 0.1) is 0 Å². The van der Waals surface area contributed by atoms with Crippen molar-refractivity contribution in [2.45, 2.75) is 39.1 Å². The molecule has 0 saturated carbocycles. The third-order valence-electron chi connectivity index (χ3n) is 2.62. The molecule has 7 nitrogen and oxygen atoms in total. The summed E-state index contributed by atoms with van der Waals surface area (Å²) in [6.07, 6.45) is 4.71. The number of aliphatic imine (C=N–C) groups is 2. The number of rotatable bonds is 9. The molecule has 21 heavy (non-hydrogen) atoms. The average molecular weight is 297 g/mol. The Kier molecular flexibility index (Phi) is 7.07. The molecular formula is C14H23N3O4. The molecule has 1 aliphatic rings. The molecule has 1 rings (SSSR count). The van der Waals surface area contributed by atoms with E-state index in [4.69, 9.17) is 19.3 Å². The zero-order valence-corrected chi connectivity index (χ0v) is 12.8. The van der Waals surface area contributed by atoms with Gasteiger partial charge < -0.3 is 4.74 Å². The van der Waals surface area contributed by atoms with E-state index in [0.29, 0.717) is 13.2 Å². The quantitative estimate of drug-likeness (QED) is 0.371. The molecule has 1 atom stereocenters. The first-order chi connectivity index (χ1) is 10.0. The van der Waals surface area contributed by atoms with Crippen LogP contribution in [0.3, 0.4) is 0 Å². The Morgan fingerprint density at radius 1 is 1.33 bits per heavy atom. The van der Waals surface area contributed by atoms with Crippen LogP contribution in [0.25, 0.3) is 0 Å². The van der Waals surface area contributed by atoms with E-state index in [2.05, 4.69) is 23.1 Å². The molecule has 0 N–H and O–H groups in total. The molecule has 0 amide bonds. The summed E-state index contributed by atoms with van der Waals surface area (Å²) >= 11 is 0. The zero-order valence-electron chi connectivity index (χ0n) is 12.8. The van der Waals surface area contributed by atoms with E-state index < -0.39 is 12.0 Å². The lowest BCUT2D eigenvalue weighted by Crippen LogP contribution is -2.39. The zero-order chi connectivity index (χ0) is 15.7. The highest BCUT2D eigenvalue weighted by Crippen LogP contribution is 2.16. The van der Waals surface area contributed by atoms with Gasteiger partial charge in [-0.3, -0.25) is 9.73 Å². The summed E-state index contributed by atoms with van der Waals surface area (Å²) in [7, 11) is 0. The molecule has 1 unspecified atom stereocenters. The van der Waals surface area contributed by atoms with Gasteiger partial charge in [0.05, 0.1) is 13.2 Å². The van der Waals surface area contributed by atoms with E-state index in [0.717, 1.165) is 6.42 Å². The number of amidine groups is 1. The SMILES string of the molecule is C=CCOC1N=C(OOC(C)(C)CC)N=CN1OCC=C. The topological polar surface area (TPSA) is 64.9 Å². The second-order valence-corrected chi connectivity index (χ2v) is 4.83. The van der Waals surface area contributed by atoms with Gasteiger partial charge >= 0.3 is 6.02 Å². The van der Waals surface area contributed by atoms with Crippen LogP contribution in [0.4, 0.5) is 0 Å². The molecule has 0 radical (unpaired) electrons. The second-order valence-electron chi connectivity index (χ2n) is 4.83. The van der Waals surface area contributed by atoms with Gasteiger partial charge in [0.25, 0.3) is 6.35 Å². The van der Waals surface area contributed by atoms with Crippen LogP contribution in [0.15, 0.2) is 35.3 Å². The van der Waals surface area contributed by atoms with Gasteiger partial charge in [0.2, 0.25) is 0 Å². The average Bonchev–Trinajstić information content (AvgIpc) is 2.49. The van der Waals surface area contributed by atoms with Crippen LogP contribution < -0.4 is 0 Å². The van der Waals surface area contributed by atoms with Crippen molar-refractivity contribution in [1.29, 1.82) is 0 Å². The van der Waals surface area contributed by atoms with Gasteiger partial charge in [-0.15, -0.1) is 13.2 Å². The van der Waals surface area contributed by atoms with Gasteiger partial charge in [0.15, 0.2) is 0 Å². The summed E-state index contributed by atoms with van der Waals surface area (Å²) in [5.74, 6) is 0. The van der Waals surface area contributed by atoms with Crippen molar-refractivity contribution >= 4 is 12.4 Å². The minimum absolute atomic E-state index is 0.0732. The first-order valence-corrected chi connectivity index (χ1v) is 6.74. The fourth-order valence-corrected chi connectivity index (χ4v) is 1.10. The number of hydroxylamine groups is 2. The first-order valence-electron chi connectivity index (χ1n) is 6.74. The molecule has 0 saturated heterocycles. The molecule has 0 aromatic rings. The number of ether oxygens (including phenoxy) is 1. The van der Waals surface area contributed by atoms with Crippen LogP contribution in [0.1, 0.15) is 27.2 Å². The summed E-state index contributed by atoms with van der Waals surface area (Å²) in [6.45, 7) is 13.6. The van der Waals surface area contributed by atoms with Gasteiger partial charge in [-0.05, 0) is 20.3 Å². The van der Waals surface area contributed by atoms with Gasteiger partial charge in [0, 0.05) is 0 Å². The molecule has 1 heterocycles. The van der Waals surface area contributed by atoms with Crippen molar-refractivity contribution in [3.05, 3.63) is 25.3 Å². The summed E-state index contributed by atoms with van der Waals surface area (Å²) in [4.78, 5) is 24.0. The van der Waals surface area contributed by atoms with E-state index in [9.17, 15) is 0 Å². The molecule has 118 valence electrons. The fourth-order valence-electron chi connectivity index (χ4n) is 1.10. The van der Waals surface area contributed by atoms with Crippen LogP contribution in [-0.2, 0) is 19.3 Å². The van der Waals surface area contributed by atoms with Crippen LogP contribution >= 0.6 is 0 Å². The first kappa shape index (κ1) is 17.4. The predicted octanol–water partition coefficient (Wildman–Crippen LogP) is 2.43. The highest BCUT2D eigenvalue weighted by Gasteiger charge is 2.24. The molecule has 0 aliphatic carbocycles. The number of hydrogen-bond acceptors (Lipinski definition) is 7. The maximum absolute atomic E-state index is 5.46. The smallest absolute Gasteiger partial charge is 0.333 e. The third kappa shape index (κ3) is 6.07. The molecule has 1 aliphatic heterocycles. The standard InChI is InChI=1S/C14H23N3O4/c1-6-9-18-13-16-12(20-21-14(4,5)8-3)15-11-17(13)19-10-7-2/h6-7,11,13H,1-2,8-10H2,3-5H3. The van der Waals surface area contributed by atoms with Crippen molar-refractivity contribution in [1.82, 2.24) is 5.06 Å². The molecule has 0 bridgehead atoms. The van der Waals surface area contributed by atoms with E-state index in [1.807, 2.05) is 20.8 Å². The van der Waals surface area contributed by atoms with Crippen LogP contribution in [-0.4, -0.2) is 42.6 Å². The van der Waals surface area contributed by atoms with Gasteiger partial charge in [-0.1, -0.05) is 19.1 Å². The van der Waals surface area contributed by atoms with Crippen molar-refractivity contribution in [2.75, 3.05) is 13.2 Å². The second kappa shape index (κ2) is 8.56. The Morgan fingerprint density at radius 3 is 2.67 bits per heavy atom. The van der Waals surface area contributed by atoms with Gasteiger partial charge in [-0.2, -0.15) is 19.9 Å². The summed E-state index contributed by atoms with van der Waals surface area (Å²) < 4.78 is 5.46. The Hall–Kier alpha value is -1.70. The largest absolute Gasteiger partial charge is 0.354 e. The van der Waals surface area contributed by atoms with E-state index in [-0.39, 0.29) is 6.02 Å². The van der Waals surface area contributed by atoms with E-state index in [1.54, 1.807) is 12.2 Å². The van der Waals surface area contributed by atoms with Crippen LogP contribution in [0.2, 0.25) is 0 Å². The van der Waals surface area contributed by atoms with E-state index in [1.165, 1.54) is 11.4 Å². The van der Waals surface area contributed by atoms with Gasteiger partial charge in [0.1, 0.15) is 11.9 Å². The number of hydrogen-bond donors (Lipinski definition) is 0. The highest BCUT2D eigenvalue weighted by molar-refractivity contribution is 5.83. The lowest BCUT2D eigenvalue weighted by atomic mass is 10.1. The maximum Gasteiger partial charge on any atom is 0.354 e. The summed E-state index contributed by atoms with van der Waals surface area (Å²) in [5, 5.41) is 1.36. The van der Waals surface area contributed by atoms with Crippen molar-refractivity contribution in [2.24, 2.45) is 9.98 Å².